The monoisotopic (exact) mass is 355 g/mol. The largest absolute Gasteiger partial charge is 0.481 e. The molecular formula is C14H14BrNO3S. The number of rotatable bonds is 4. The van der Waals surface area contributed by atoms with Crippen LogP contribution in [-0.4, -0.2) is 17.0 Å². The molecule has 1 amide bonds. The first-order valence-electron chi connectivity index (χ1n) is 6.49. The molecule has 0 radical (unpaired) electrons. The zero-order valence-electron chi connectivity index (χ0n) is 10.6. The highest BCUT2D eigenvalue weighted by Crippen LogP contribution is 2.48. The zero-order chi connectivity index (χ0) is 14.3. The lowest BCUT2D eigenvalue weighted by Gasteiger charge is -2.23. The average molecular weight is 356 g/mol. The van der Waals surface area contributed by atoms with Gasteiger partial charge in [0.1, 0.15) is 0 Å². The van der Waals surface area contributed by atoms with E-state index < -0.39 is 17.8 Å². The summed E-state index contributed by atoms with van der Waals surface area (Å²) >= 11 is 4.95. The van der Waals surface area contributed by atoms with Crippen LogP contribution in [0.4, 0.5) is 0 Å². The van der Waals surface area contributed by atoms with Gasteiger partial charge < -0.3 is 10.4 Å². The number of amides is 1. The number of fused-ring (bicyclic) bond motifs is 2. The minimum Gasteiger partial charge on any atom is -0.481 e. The molecule has 6 heteroatoms. The molecule has 2 bridgehead atoms. The Balaban J connectivity index is 1.67. The van der Waals surface area contributed by atoms with Gasteiger partial charge in [-0.05, 0) is 46.3 Å². The first kappa shape index (κ1) is 13.8. The number of carbonyl (C=O) groups excluding carboxylic acids is 1. The van der Waals surface area contributed by atoms with Gasteiger partial charge in [0.25, 0.3) is 0 Å². The zero-order valence-corrected chi connectivity index (χ0v) is 13.0. The number of thiophene rings is 1. The molecular weight excluding hydrogens is 342 g/mol. The molecule has 2 aliphatic carbocycles. The molecule has 2 unspecified atom stereocenters. The van der Waals surface area contributed by atoms with Crippen molar-refractivity contribution in [1.82, 2.24) is 5.32 Å². The third kappa shape index (κ3) is 2.42. The minimum atomic E-state index is -0.860. The van der Waals surface area contributed by atoms with Crippen LogP contribution in [0.3, 0.4) is 0 Å². The highest BCUT2D eigenvalue weighted by atomic mass is 79.9. The van der Waals surface area contributed by atoms with Crippen LogP contribution in [0.25, 0.3) is 0 Å². The Morgan fingerprint density at radius 3 is 2.60 bits per heavy atom. The molecule has 1 saturated carbocycles. The van der Waals surface area contributed by atoms with E-state index in [9.17, 15) is 14.7 Å². The van der Waals surface area contributed by atoms with E-state index in [2.05, 4.69) is 21.2 Å². The molecule has 1 fully saturated rings. The number of carboxylic acid groups (broad SMARTS) is 1. The van der Waals surface area contributed by atoms with Crippen molar-refractivity contribution in [2.75, 3.05) is 0 Å². The van der Waals surface area contributed by atoms with Gasteiger partial charge in [-0.15, -0.1) is 11.3 Å². The van der Waals surface area contributed by atoms with E-state index in [-0.39, 0.29) is 17.7 Å². The van der Waals surface area contributed by atoms with Gasteiger partial charge in [0.05, 0.1) is 22.2 Å². The highest BCUT2D eigenvalue weighted by molar-refractivity contribution is 9.11. The van der Waals surface area contributed by atoms with Crippen molar-refractivity contribution in [2.45, 2.75) is 13.0 Å². The van der Waals surface area contributed by atoms with Gasteiger partial charge in [0.15, 0.2) is 0 Å². The van der Waals surface area contributed by atoms with Crippen LogP contribution in [0.5, 0.6) is 0 Å². The standard InChI is InChI=1S/C14H14BrNO3S/c15-10-4-3-9(20-10)6-16-13(17)11-7-1-2-8(5-7)12(11)14(18)19/h1-4,7-8,11-12H,5-6H2,(H,16,17)(H,18,19)/t7?,8?,11-,12+/m0/s1. The van der Waals surface area contributed by atoms with Crippen molar-refractivity contribution >= 4 is 39.1 Å². The lowest BCUT2D eigenvalue weighted by atomic mass is 9.82. The number of carboxylic acids is 1. The van der Waals surface area contributed by atoms with Crippen LogP contribution in [-0.2, 0) is 16.1 Å². The summed E-state index contributed by atoms with van der Waals surface area (Å²) < 4.78 is 1.02. The normalized spacial score (nSPS) is 30.6. The van der Waals surface area contributed by atoms with E-state index in [1.54, 1.807) is 11.3 Å². The molecule has 2 aliphatic rings. The van der Waals surface area contributed by atoms with Crippen LogP contribution in [0, 0.1) is 23.7 Å². The molecule has 0 spiro atoms. The maximum absolute atomic E-state index is 12.3. The van der Waals surface area contributed by atoms with E-state index in [1.807, 2.05) is 24.3 Å². The van der Waals surface area contributed by atoms with Crippen LogP contribution >= 0.6 is 27.3 Å². The fourth-order valence-electron chi connectivity index (χ4n) is 3.26. The quantitative estimate of drug-likeness (QED) is 0.816. The number of hydrogen-bond acceptors (Lipinski definition) is 3. The molecule has 0 aliphatic heterocycles. The maximum Gasteiger partial charge on any atom is 0.307 e. The van der Waals surface area contributed by atoms with E-state index in [1.165, 1.54) is 0 Å². The first-order valence-corrected chi connectivity index (χ1v) is 8.10. The van der Waals surface area contributed by atoms with Crippen LogP contribution in [0.1, 0.15) is 11.3 Å². The Morgan fingerprint density at radius 2 is 2.00 bits per heavy atom. The smallest absolute Gasteiger partial charge is 0.307 e. The summed E-state index contributed by atoms with van der Waals surface area (Å²) in [7, 11) is 0. The fourth-order valence-corrected chi connectivity index (χ4v) is 4.68. The number of allylic oxidation sites excluding steroid dienone is 2. The molecule has 1 aromatic rings. The van der Waals surface area contributed by atoms with Crippen LogP contribution in [0.15, 0.2) is 28.1 Å². The van der Waals surface area contributed by atoms with Gasteiger partial charge in [-0.2, -0.15) is 0 Å². The minimum absolute atomic E-state index is 0.0177. The molecule has 0 aromatic carbocycles. The average Bonchev–Trinajstić information content (AvgIpc) is 3.10. The Bertz CT molecular complexity index is 583. The summed E-state index contributed by atoms with van der Waals surface area (Å²) in [6.45, 7) is 0.457. The van der Waals surface area contributed by atoms with E-state index in [4.69, 9.17) is 0 Å². The van der Waals surface area contributed by atoms with Crippen LogP contribution < -0.4 is 5.32 Å². The number of carbonyl (C=O) groups is 2. The van der Waals surface area contributed by atoms with Crippen LogP contribution in [0.2, 0.25) is 0 Å². The second kappa shape index (κ2) is 5.33. The van der Waals surface area contributed by atoms with E-state index in [0.29, 0.717) is 6.54 Å². The molecule has 106 valence electrons. The fraction of sp³-hybridized carbons (Fsp3) is 0.429. The summed E-state index contributed by atoms with van der Waals surface area (Å²) in [6.07, 6.45) is 4.74. The number of aliphatic carboxylic acids is 1. The van der Waals surface area contributed by atoms with Crippen molar-refractivity contribution in [3.05, 3.63) is 32.9 Å². The molecule has 2 N–H and O–H groups in total. The van der Waals surface area contributed by atoms with Crippen molar-refractivity contribution in [3.8, 4) is 0 Å². The second-order valence-electron chi connectivity index (χ2n) is 5.26. The molecule has 1 heterocycles. The third-order valence-corrected chi connectivity index (χ3v) is 5.74. The Morgan fingerprint density at radius 1 is 1.30 bits per heavy atom. The van der Waals surface area contributed by atoms with E-state index >= 15 is 0 Å². The summed E-state index contributed by atoms with van der Waals surface area (Å²) in [5.41, 5.74) is 0. The Kier molecular flexibility index (Phi) is 3.69. The van der Waals surface area contributed by atoms with Crippen molar-refractivity contribution in [3.63, 3.8) is 0 Å². The molecule has 0 saturated heterocycles. The maximum atomic E-state index is 12.3. The molecule has 20 heavy (non-hydrogen) atoms. The van der Waals surface area contributed by atoms with Crippen molar-refractivity contribution < 1.29 is 14.7 Å². The van der Waals surface area contributed by atoms with Gasteiger partial charge in [-0.1, -0.05) is 12.2 Å². The highest BCUT2D eigenvalue weighted by Gasteiger charge is 2.51. The third-order valence-electron chi connectivity index (χ3n) is 4.11. The van der Waals surface area contributed by atoms with Gasteiger partial charge in [0.2, 0.25) is 5.91 Å². The van der Waals surface area contributed by atoms with E-state index in [0.717, 1.165) is 15.1 Å². The SMILES string of the molecule is O=C(O)[C@@H]1C2C=CC(C2)[C@@H]1C(=O)NCc1ccc(Br)s1. The number of hydrogen-bond donors (Lipinski definition) is 2. The first-order chi connectivity index (χ1) is 9.56. The van der Waals surface area contributed by atoms with Gasteiger partial charge in [-0.25, -0.2) is 0 Å². The summed E-state index contributed by atoms with van der Waals surface area (Å²) in [5, 5.41) is 12.2. The molecule has 1 aromatic heterocycles. The summed E-state index contributed by atoms with van der Waals surface area (Å²) in [4.78, 5) is 24.7. The number of nitrogens with one attached hydrogen (secondary N) is 1. The van der Waals surface area contributed by atoms with Gasteiger partial charge in [0, 0.05) is 4.88 Å². The van der Waals surface area contributed by atoms with Crippen molar-refractivity contribution in [1.29, 1.82) is 0 Å². The molecule has 4 nitrogen and oxygen atoms in total. The topological polar surface area (TPSA) is 66.4 Å². The predicted molar refractivity (Wildman–Crippen MR) is 79.2 cm³/mol. The Labute approximate surface area is 129 Å². The lowest BCUT2D eigenvalue weighted by Crippen LogP contribution is -2.39. The summed E-state index contributed by atoms with van der Waals surface area (Å²) in [6, 6.07) is 3.89. The van der Waals surface area contributed by atoms with Gasteiger partial charge >= 0.3 is 5.97 Å². The van der Waals surface area contributed by atoms with Crippen molar-refractivity contribution in [2.24, 2.45) is 23.7 Å². The Hall–Kier alpha value is -1.14. The number of halogens is 1. The second-order valence-corrected chi connectivity index (χ2v) is 7.81. The molecule has 3 rings (SSSR count). The lowest BCUT2D eigenvalue weighted by molar-refractivity contribution is -0.147. The molecule has 4 atom stereocenters. The predicted octanol–water partition coefficient (Wildman–Crippen LogP) is 2.65. The van der Waals surface area contributed by atoms with Gasteiger partial charge in [-0.3, -0.25) is 9.59 Å². The summed E-state index contributed by atoms with van der Waals surface area (Å²) in [5.74, 6) is -1.90.